The van der Waals surface area contributed by atoms with E-state index in [1.54, 1.807) is 0 Å². The van der Waals surface area contributed by atoms with Gasteiger partial charge in [0.25, 0.3) is 5.91 Å². The van der Waals surface area contributed by atoms with Gasteiger partial charge in [0.05, 0.1) is 10.0 Å². The van der Waals surface area contributed by atoms with Crippen LogP contribution in [0.25, 0.3) is 0 Å². The molecule has 0 aliphatic rings. The van der Waals surface area contributed by atoms with Crippen LogP contribution in [-0.4, -0.2) is 12.5 Å². The van der Waals surface area contributed by atoms with Crippen molar-refractivity contribution in [2.75, 3.05) is 5.32 Å². The van der Waals surface area contributed by atoms with Gasteiger partial charge in [-0.25, -0.2) is 4.39 Å². The van der Waals surface area contributed by atoms with Crippen molar-refractivity contribution in [3.05, 3.63) is 58.3 Å². The van der Waals surface area contributed by atoms with Crippen LogP contribution in [0.1, 0.15) is 10.4 Å². The van der Waals surface area contributed by atoms with Crippen molar-refractivity contribution in [3.8, 4) is 5.75 Å². The number of ether oxygens (including phenoxy) is 1. The van der Waals surface area contributed by atoms with E-state index in [-0.39, 0.29) is 15.8 Å². The number of anilines is 1. The fourth-order valence-corrected chi connectivity index (χ4v) is 2.00. The van der Waals surface area contributed by atoms with Crippen molar-refractivity contribution in [2.45, 2.75) is 6.61 Å². The molecule has 0 bridgehead atoms. The normalized spacial score (nSPS) is 10.5. The van der Waals surface area contributed by atoms with Crippen LogP contribution in [-0.2, 0) is 0 Å². The monoisotopic (exact) mass is 359 g/mol. The molecule has 0 atom stereocenters. The molecule has 0 saturated heterocycles. The van der Waals surface area contributed by atoms with Gasteiger partial charge < -0.3 is 10.1 Å². The maximum Gasteiger partial charge on any atom is 0.387 e. The topological polar surface area (TPSA) is 38.3 Å². The third-order valence-corrected chi connectivity index (χ3v) is 3.13. The van der Waals surface area contributed by atoms with E-state index in [1.165, 1.54) is 42.5 Å². The number of para-hydroxylation sites is 1. The lowest BCUT2D eigenvalue weighted by Crippen LogP contribution is -2.15. The molecule has 0 heterocycles. The second kappa shape index (κ2) is 6.62. The average molecular weight is 360 g/mol. The molecule has 0 aliphatic carbocycles. The first kappa shape index (κ1) is 15.4. The Labute approximate surface area is 126 Å². The summed E-state index contributed by atoms with van der Waals surface area (Å²) in [6, 6.07) is 9.50. The Morgan fingerprint density at radius 1 is 1.19 bits per heavy atom. The molecule has 7 heteroatoms. The molecule has 0 aliphatic heterocycles. The van der Waals surface area contributed by atoms with E-state index < -0.39 is 18.3 Å². The summed E-state index contributed by atoms with van der Waals surface area (Å²) in [6.07, 6.45) is 0. The number of carbonyl (C=O) groups excluding carboxylic acids is 1. The van der Waals surface area contributed by atoms with Crippen LogP contribution in [0.15, 0.2) is 46.9 Å². The highest BCUT2D eigenvalue weighted by Gasteiger charge is 2.15. The minimum atomic E-state index is -3.03. The van der Waals surface area contributed by atoms with Gasteiger partial charge in [0.1, 0.15) is 11.6 Å². The lowest BCUT2D eigenvalue weighted by atomic mass is 10.2. The Kier molecular flexibility index (Phi) is 4.85. The van der Waals surface area contributed by atoms with Crippen LogP contribution >= 0.6 is 15.9 Å². The van der Waals surface area contributed by atoms with E-state index >= 15 is 0 Å². The molecule has 21 heavy (non-hydrogen) atoms. The van der Waals surface area contributed by atoms with Gasteiger partial charge >= 0.3 is 6.61 Å². The predicted octanol–water partition coefficient (Wildman–Crippen LogP) is 4.44. The zero-order chi connectivity index (χ0) is 15.4. The second-order valence-corrected chi connectivity index (χ2v) is 4.81. The zero-order valence-corrected chi connectivity index (χ0v) is 12.0. The quantitative estimate of drug-likeness (QED) is 0.876. The molecular weight excluding hydrogens is 351 g/mol. The van der Waals surface area contributed by atoms with Crippen molar-refractivity contribution >= 4 is 27.5 Å². The molecule has 3 nitrogen and oxygen atoms in total. The Balaban J connectivity index is 2.22. The molecule has 110 valence electrons. The Hall–Kier alpha value is -2.02. The van der Waals surface area contributed by atoms with E-state index in [0.29, 0.717) is 5.69 Å². The van der Waals surface area contributed by atoms with Crippen molar-refractivity contribution in [1.82, 2.24) is 0 Å². The number of benzene rings is 2. The van der Waals surface area contributed by atoms with Crippen LogP contribution in [0.2, 0.25) is 0 Å². The number of rotatable bonds is 4. The molecule has 1 amide bonds. The van der Waals surface area contributed by atoms with E-state index in [0.717, 1.165) is 0 Å². The average Bonchev–Trinajstić information content (AvgIpc) is 2.43. The SMILES string of the molecule is O=C(Nc1ccc(F)c(Br)c1)c1ccccc1OC(F)F. The van der Waals surface area contributed by atoms with Crippen molar-refractivity contribution < 1.29 is 22.7 Å². The molecule has 0 radical (unpaired) electrons. The zero-order valence-electron chi connectivity index (χ0n) is 10.4. The van der Waals surface area contributed by atoms with E-state index in [1.807, 2.05) is 0 Å². The molecule has 0 saturated carbocycles. The minimum absolute atomic E-state index is 0.0433. The van der Waals surface area contributed by atoms with Gasteiger partial charge in [0.15, 0.2) is 0 Å². The predicted molar refractivity (Wildman–Crippen MR) is 75.1 cm³/mol. The van der Waals surface area contributed by atoms with Crippen LogP contribution in [0.3, 0.4) is 0 Å². The molecule has 0 fully saturated rings. The third-order valence-electron chi connectivity index (χ3n) is 2.53. The lowest BCUT2D eigenvalue weighted by Gasteiger charge is -2.11. The number of alkyl halides is 2. The summed E-state index contributed by atoms with van der Waals surface area (Å²) in [5.74, 6) is -1.34. The fraction of sp³-hybridized carbons (Fsp3) is 0.0714. The lowest BCUT2D eigenvalue weighted by molar-refractivity contribution is -0.0501. The number of nitrogens with one attached hydrogen (secondary N) is 1. The summed E-state index contributed by atoms with van der Waals surface area (Å²) >= 11 is 2.99. The molecular formula is C14H9BrF3NO2. The van der Waals surface area contributed by atoms with Crippen LogP contribution < -0.4 is 10.1 Å². The number of amides is 1. The van der Waals surface area contributed by atoms with Gasteiger partial charge in [0.2, 0.25) is 0 Å². The number of halogens is 4. The number of carbonyl (C=O) groups is 1. The van der Waals surface area contributed by atoms with Gasteiger partial charge in [-0.3, -0.25) is 4.79 Å². The van der Waals surface area contributed by atoms with E-state index in [9.17, 15) is 18.0 Å². The Bertz CT molecular complexity index is 664. The molecule has 0 aromatic heterocycles. The first-order chi connectivity index (χ1) is 9.97. The van der Waals surface area contributed by atoms with Gasteiger partial charge in [0, 0.05) is 5.69 Å². The molecule has 1 N–H and O–H groups in total. The molecule has 2 aromatic rings. The van der Waals surface area contributed by atoms with Crippen molar-refractivity contribution in [2.24, 2.45) is 0 Å². The molecule has 2 rings (SSSR count). The number of hydrogen-bond donors (Lipinski definition) is 1. The van der Waals surface area contributed by atoms with Crippen LogP contribution in [0.4, 0.5) is 18.9 Å². The third kappa shape index (κ3) is 3.98. The molecule has 2 aromatic carbocycles. The fourth-order valence-electron chi connectivity index (χ4n) is 1.63. The first-order valence-corrected chi connectivity index (χ1v) is 6.57. The van der Waals surface area contributed by atoms with E-state index in [2.05, 4.69) is 26.0 Å². The smallest absolute Gasteiger partial charge is 0.387 e. The standard InChI is InChI=1S/C14H9BrF3NO2/c15-10-7-8(5-6-11(10)16)19-13(20)9-3-1-2-4-12(9)21-14(17)18/h1-7,14H,(H,19,20). The Morgan fingerprint density at radius 3 is 2.57 bits per heavy atom. The highest BCUT2D eigenvalue weighted by molar-refractivity contribution is 9.10. The first-order valence-electron chi connectivity index (χ1n) is 5.77. The summed E-state index contributed by atoms with van der Waals surface area (Å²) in [5, 5.41) is 2.48. The van der Waals surface area contributed by atoms with Gasteiger partial charge in [-0.05, 0) is 46.3 Å². The maximum atomic E-state index is 13.1. The summed E-state index contributed by atoms with van der Waals surface area (Å²) in [7, 11) is 0. The highest BCUT2D eigenvalue weighted by Crippen LogP contribution is 2.23. The van der Waals surface area contributed by atoms with Crippen LogP contribution in [0.5, 0.6) is 5.75 Å². The van der Waals surface area contributed by atoms with Gasteiger partial charge in [-0.2, -0.15) is 8.78 Å². The molecule has 0 unspecified atom stereocenters. The largest absolute Gasteiger partial charge is 0.434 e. The minimum Gasteiger partial charge on any atom is -0.434 e. The number of hydrogen-bond acceptors (Lipinski definition) is 2. The molecule has 0 spiro atoms. The summed E-state index contributed by atoms with van der Waals surface area (Å²) in [6.45, 7) is -3.03. The van der Waals surface area contributed by atoms with Crippen molar-refractivity contribution in [1.29, 1.82) is 0 Å². The summed E-state index contributed by atoms with van der Waals surface area (Å²) in [4.78, 5) is 12.1. The maximum absolute atomic E-state index is 13.1. The van der Waals surface area contributed by atoms with Crippen LogP contribution in [0, 0.1) is 5.82 Å². The van der Waals surface area contributed by atoms with Gasteiger partial charge in [-0.1, -0.05) is 12.1 Å². The highest BCUT2D eigenvalue weighted by atomic mass is 79.9. The second-order valence-electron chi connectivity index (χ2n) is 3.96. The van der Waals surface area contributed by atoms with E-state index in [4.69, 9.17) is 0 Å². The summed E-state index contributed by atoms with van der Waals surface area (Å²) in [5.41, 5.74) is 0.276. The van der Waals surface area contributed by atoms with Crippen molar-refractivity contribution in [3.63, 3.8) is 0 Å². The van der Waals surface area contributed by atoms with Gasteiger partial charge in [-0.15, -0.1) is 0 Å². The summed E-state index contributed by atoms with van der Waals surface area (Å²) < 4.78 is 42.1. The Morgan fingerprint density at radius 2 is 1.90 bits per heavy atom.